The Labute approximate surface area is 114 Å². The van der Waals surface area contributed by atoms with Crippen LogP contribution in [0.2, 0.25) is 0 Å². The van der Waals surface area contributed by atoms with E-state index >= 15 is 0 Å². The molecule has 0 radical (unpaired) electrons. The zero-order valence-corrected chi connectivity index (χ0v) is 11.2. The number of hydrogen-bond donors (Lipinski definition) is 2. The zero-order chi connectivity index (χ0) is 14.8. The lowest BCUT2D eigenvalue weighted by molar-refractivity contribution is 0.584. The van der Waals surface area contributed by atoms with Crippen molar-refractivity contribution in [2.75, 3.05) is 17.1 Å². The summed E-state index contributed by atoms with van der Waals surface area (Å²) in [7, 11) is -2.48. The average Bonchev–Trinajstić information content (AvgIpc) is 2.36. The van der Waals surface area contributed by atoms with Crippen molar-refractivity contribution in [3.8, 4) is 0 Å². The zero-order valence-electron chi connectivity index (χ0n) is 10.4. The monoisotopic (exact) mass is 299 g/mol. The van der Waals surface area contributed by atoms with E-state index in [1.165, 1.54) is 25.4 Å². The highest BCUT2D eigenvalue weighted by atomic mass is 32.2. The first-order chi connectivity index (χ1) is 9.42. The fourth-order valence-electron chi connectivity index (χ4n) is 1.62. The Kier molecular flexibility index (Phi) is 3.84. The summed E-state index contributed by atoms with van der Waals surface area (Å²) in [6, 6.07) is 5.20. The van der Waals surface area contributed by atoms with Gasteiger partial charge in [-0.25, -0.2) is 22.2 Å². The van der Waals surface area contributed by atoms with Crippen molar-refractivity contribution in [2.24, 2.45) is 0 Å². The molecule has 5 nitrogen and oxygen atoms in total. The van der Waals surface area contributed by atoms with Gasteiger partial charge in [0.2, 0.25) is 0 Å². The maximum atomic E-state index is 13.1. The van der Waals surface area contributed by atoms with Crippen LogP contribution < -0.4 is 10.0 Å². The summed E-state index contributed by atoms with van der Waals surface area (Å²) >= 11 is 0. The van der Waals surface area contributed by atoms with Crippen LogP contribution in [0.4, 0.5) is 20.3 Å². The lowest BCUT2D eigenvalue weighted by Crippen LogP contribution is -2.15. The van der Waals surface area contributed by atoms with Crippen molar-refractivity contribution >= 4 is 21.5 Å². The van der Waals surface area contributed by atoms with Gasteiger partial charge in [-0.15, -0.1) is 0 Å². The number of halogens is 2. The van der Waals surface area contributed by atoms with Gasteiger partial charge in [0, 0.05) is 19.3 Å². The van der Waals surface area contributed by atoms with Crippen molar-refractivity contribution < 1.29 is 17.2 Å². The predicted octanol–water partition coefficient (Wildman–Crippen LogP) is 2.20. The second-order valence-corrected chi connectivity index (χ2v) is 5.51. The molecule has 0 bridgehead atoms. The molecule has 0 aliphatic rings. The highest BCUT2D eigenvalue weighted by molar-refractivity contribution is 7.92. The Morgan fingerprint density at radius 3 is 2.40 bits per heavy atom. The second-order valence-electron chi connectivity index (χ2n) is 3.86. The topological polar surface area (TPSA) is 71.1 Å². The molecule has 1 aromatic carbocycles. The third-order valence-electron chi connectivity index (χ3n) is 2.41. The van der Waals surface area contributed by atoms with Crippen LogP contribution in [0.1, 0.15) is 0 Å². The van der Waals surface area contributed by atoms with Gasteiger partial charge in [-0.05, 0) is 24.3 Å². The normalized spacial score (nSPS) is 11.2. The van der Waals surface area contributed by atoms with E-state index in [-0.39, 0.29) is 16.4 Å². The molecular formula is C12H11F2N3O2S. The molecule has 1 aromatic heterocycles. The van der Waals surface area contributed by atoms with Gasteiger partial charge in [0.15, 0.2) is 0 Å². The van der Waals surface area contributed by atoms with Gasteiger partial charge in [0.1, 0.15) is 22.3 Å². The molecule has 2 rings (SSSR count). The van der Waals surface area contributed by atoms with Crippen LogP contribution in [0, 0.1) is 11.6 Å². The molecule has 1 heterocycles. The first-order valence-corrected chi connectivity index (χ1v) is 7.02. The first-order valence-electron chi connectivity index (χ1n) is 5.54. The molecular weight excluding hydrogens is 288 g/mol. The number of hydrogen-bond acceptors (Lipinski definition) is 4. The van der Waals surface area contributed by atoms with Gasteiger partial charge in [-0.3, -0.25) is 4.72 Å². The highest BCUT2D eigenvalue weighted by Gasteiger charge is 2.19. The standard InChI is InChI=1S/C12H11F2N3O2S/c1-15-12-11(3-2-4-16-12)20(18,19)17-10-6-8(13)5-9(14)7-10/h2-7,17H,1H3,(H,15,16). The number of sulfonamides is 1. The third kappa shape index (κ3) is 3.02. The Morgan fingerprint density at radius 1 is 1.15 bits per heavy atom. The lowest BCUT2D eigenvalue weighted by atomic mass is 10.3. The number of anilines is 2. The summed E-state index contributed by atoms with van der Waals surface area (Å²) in [5, 5.41) is 2.63. The summed E-state index contributed by atoms with van der Waals surface area (Å²) in [4.78, 5) is 3.74. The molecule has 0 fully saturated rings. The Bertz CT molecular complexity index is 715. The number of nitrogens with one attached hydrogen (secondary N) is 2. The van der Waals surface area contributed by atoms with Crippen LogP contribution in [-0.4, -0.2) is 20.4 Å². The molecule has 2 aromatic rings. The van der Waals surface area contributed by atoms with Crippen molar-refractivity contribution in [2.45, 2.75) is 4.90 Å². The molecule has 106 valence electrons. The van der Waals surface area contributed by atoms with Gasteiger partial charge >= 0.3 is 0 Å². The maximum absolute atomic E-state index is 13.1. The molecule has 0 saturated carbocycles. The summed E-state index contributed by atoms with van der Waals surface area (Å²) in [6.07, 6.45) is 1.42. The van der Waals surface area contributed by atoms with Crippen LogP contribution in [0.3, 0.4) is 0 Å². The summed E-state index contributed by atoms with van der Waals surface area (Å²) in [5.74, 6) is -1.61. The second kappa shape index (κ2) is 5.41. The minimum absolute atomic E-state index is 0.118. The number of benzene rings is 1. The molecule has 0 aliphatic heterocycles. The molecule has 0 unspecified atom stereocenters. The summed E-state index contributed by atoms with van der Waals surface area (Å²) in [6.45, 7) is 0. The number of nitrogens with zero attached hydrogens (tertiary/aromatic N) is 1. The minimum Gasteiger partial charge on any atom is -0.372 e. The smallest absolute Gasteiger partial charge is 0.265 e. The molecule has 20 heavy (non-hydrogen) atoms. The van der Waals surface area contributed by atoms with Crippen molar-refractivity contribution in [1.82, 2.24) is 4.98 Å². The minimum atomic E-state index is -4.00. The predicted molar refractivity (Wildman–Crippen MR) is 71.0 cm³/mol. The van der Waals surface area contributed by atoms with Gasteiger partial charge in [0.05, 0.1) is 5.69 Å². The van der Waals surface area contributed by atoms with Crippen LogP contribution in [0.5, 0.6) is 0 Å². The van der Waals surface area contributed by atoms with Gasteiger partial charge < -0.3 is 5.32 Å². The van der Waals surface area contributed by atoms with Crippen molar-refractivity contribution in [1.29, 1.82) is 0 Å². The fraction of sp³-hybridized carbons (Fsp3) is 0.0833. The van der Waals surface area contributed by atoms with Crippen LogP contribution in [0.15, 0.2) is 41.4 Å². The van der Waals surface area contributed by atoms with E-state index in [4.69, 9.17) is 0 Å². The highest BCUT2D eigenvalue weighted by Crippen LogP contribution is 2.22. The Morgan fingerprint density at radius 2 is 1.80 bits per heavy atom. The summed E-state index contributed by atoms with van der Waals surface area (Å²) in [5.41, 5.74) is -0.201. The molecule has 0 amide bonds. The Balaban J connectivity index is 2.41. The van der Waals surface area contributed by atoms with Gasteiger partial charge in [-0.1, -0.05) is 0 Å². The fourth-order valence-corrected chi connectivity index (χ4v) is 2.82. The average molecular weight is 299 g/mol. The third-order valence-corrected chi connectivity index (χ3v) is 3.82. The van der Waals surface area contributed by atoms with Crippen molar-refractivity contribution in [3.05, 3.63) is 48.2 Å². The maximum Gasteiger partial charge on any atom is 0.265 e. The Hall–Kier alpha value is -2.22. The quantitative estimate of drug-likeness (QED) is 0.908. The van der Waals surface area contributed by atoms with E-state index in [0.717, 1.165) is 12.1 Å². The molecule has 0 aliphatic carbocycles. The van der Waals surface area contributed by atoms with Crippen LogP contribution in [-0.2, 0) is 10.0 Å². The lowest BCUT2D eigenvalue weighted by Gasteiger charge is -2.11. The van der Waals surface area contributed by atoms with E-state index in [1.807, 2.05) is 0 Å². The van der Waals surface area contributed by atoms with E-state index in [1.54, 1.807) is 0 Å². The van der Waals surface area contributed by atoms with Gasteiger partial charge in [0.25, 0.3) is 10.0 Å². The first kappa shape index (κ1) is 14.2. The van der Waals surface area contributed by atoms with E-state index in [9.17, 15) is 17.2 Å². The van der Waals surface area contributed by atoms with Gasteiger partial charge in [-0.2, -0.15) is 0 Å². The molecule has 0 saturated heterocycles. The van der Waals surface area contributed by atoms with E-state index < -0.39 is 21.7 Å². The SMILES string of the molecule is CNc1ncccc1S(=O)(=O)Nc1cc(F)cc(F)c1. The molecule has 2 N–H and O–H groups in total. The van der Waals surface area contributed by atoms with E-state index in [0.29, 0.717) is 6.07 Å². The molecule has 0 spiro atoms. The largest absolute Gasteiger partial charge is 0.372 e. The number of aromatic nitrogens is 1. The van der Waals surface area contributed by atoms with Crippen LogP contribution >= 0.6 is 0 Å². The van der Waals surface area contributed by atoms with Crippen LogP contribution in [0.25, 0.3) is 0 Å². The number of rotatable bonds is 4. The molecule has 8 heteroatoms. The van der Waals surface area contributed by atoms with Crippen molar-refractivity contribution in [3.63, 3.8) is 0 Å². The van der Waals surface area contributed by atoms with E-state index in [2.05, 4.69) is 15.0 Å². The number of pyridine rings is 1. The summed E-state index contributed by atoms with van der Waals surface area (Å²) < 4.78 is 52.5. The molecule has 0 atom stereocenters.